The topological polar surface area (TPSA) is 26.3 Å². The fourth-order valence-corrected chi connectivity index (χ4v) is 2.74. The second-order valence-corrected chi connectivity index (χ2v) is 5.04. The monoisotopic (exact) mass is 224 g/mol. The number of carbonyl (C=O) groups is 1. The molecule has 2 rings (SSSR count). The molecule has 0 aromatic carbocycles. The SMILES string of the molecule is COC1(CC(=O)Cc2ccsc2)CCC1. The van der Waals surface area contributed by atoms with Gasteiger partial charge in [0.25, 0.3) is 0 Å². The van der Waals surface area contributed by atoms with Crippen LogP contribution in [0.25, 0.3) is 0 Å². The maximum atomic E-state index is 11.8. The summed E-state index contributed by atoms with van der Waals surface area (Å²) in [5.74, 6) is 0.301. The molecular formula is C12H16O2S. The van der Waals surface area contributed by atoms with E-state index in [1.54, 1.807) is 18.4 Å². The van der Waals surface area contributed by atoms with E-state index < -0.39 is 0 Å². The second-order valence-electron chi connectivity index (χ2n) is 4.26. The molecule has 0 radical (unpaired) electrons. The summed E-state index contributed by atoms with van der Waals surface area (Å²) in [4.78, 5) is 11.8. The van der Waals surface area contributed by atoms with Gasteiger partial charge in [0.1, 0.15) is 5.78 Å². The third kappa shape index (κ3) is 2.47. The lowest BCUT2D eigenvalue weighted by Gasteiger charge is -2.40. The summed E-state index contributed by atoms with van der Waals surface area (Å²) >= 11 is 1.64. The van der Waals surface area contributed by atoms with Gasteiger partial charge in [-0.1, -0.05) is 0 Å². The Morgan fingerprint density at radius 3 is 2.87 bits per heavy atom. The minimum atomic E-state index is -0.118. The first-order chi connectivity index (χ1) is 7.24. The highest BCUT2D eigenvalue weighted by Crippen LogP contribution is 2.38. The number of hydrogen-bond donors (Lipinski definition) is 0. The molecule has 1 heterocycles. The molecule has 0 bridgehead atoms. The van der Waals surface area contributed by atoms with Crippen LogP contribution >= 0.6 is 11.3 Å². The number of thiophene rings is 1. The van der Waals surface area contributed by atoms with Crippen molar-refractivity contribution in [3.8, 4) is 0 Å². The quantitative estimate of drug-likeness (QED) is 0.768. The molecule has 1 aromatic heterocycles. The van der Waals surface area contributed by atoms with Crippen molar-refractivity contribution in [2.75, 3.05) is 7.11 Å². The second kappa shape index (κ2) is 4.45. The number of rotatable bonds is 5. The molecule has 0 amide bonds. The Morgan fingerprint density at radius 2 is 2.40 bits per heavy atom. The molecule has 0 aliphatic heterocycles. The van der Waals surface area contributed by atoms with E-state index in [4.69, 9.17) is 4.74 Å². The van der Waals surface area contributed by atoms with Crippen LogP contribution in [0.2, 0.25) is 0 Å². The lowest BCUT2D eigenvalue weighted by Crippen LogP contribution is -2.41. The van der Waals surface area contributed by atoms with E-state index in [0.717, 1.165) is 18.4 Å². The summed E-state index contributed by atoms with van der Waals surface area (Å²) < 4.78 is 5.45. The Hall–Kier alpha value is -0.670. The number of carbonyl (C=O) groups excluding carboxylic acids is 1. The van der Waals surface area contributed by atoms with Crippen LogP contribution < -0.4 is 0 Å². The fraction of sp³-hybridized carbons (Fsp3) is 0.583. The summed E-state index contributed by atoms with van der Waals surface area (Å²) in [7, 11) is 1.72. The Labute approximate surface area is 94.3 Å². The van der Waals surface area contributed by atoms with Crippen LogP contribution in [-0.2, 0) is 16.0 Å². The van der Waals surface area contributed by atoms with Crippen LogP contribution in [-0.4, -0.2) is 18.5 Å². The van der Waals surface area contributed by atoms with Gasteiger partial charge in [-0.25, -0.2) is 0 Å². The highest BCUT2D eigenvalue weighted by Gasteiger charge is 2.38. The number of hydrogen-bond acceptors (Lipinski definition) is 3. The van der Waals surface area contributed by atoms with Crippen molar-refractivity contribution >= 4 is 17.1 Å². The van der Waals surface area contributed by atoms with Gasteiger partial charge in [0, 0.05) is 20.0 Å². The van der Waals surface area contributed by atoms with Crippen molar-refractivity contribution in [1.82, 2.24) is 0 Å². The van der Waals surface area contributed by atoms with Crippen molar-refractivity contribution < 1.29 is 9.53 Å². The first-order valence-corrected chi connectivity index (χ1v) is 6.26. The lowest BCUT2D eigenvalue weighted by molar-refractivity contribution is -0.131. The minimum absolute atomic E-state index is 0.118. The average molecular weight is 224 g/mol. The number of methoxy groups -OCH3 is 1. The maximum absolute atomic E-state index is 11.8. The van der Waals surface area contributed by atoms with Crippen molar-refractivity contribution in [1.29, 1.82) is 0 Å². The Morgan fingerprint density at radius 1 is 1.60 bits per heavy atom. The summed E-state index contributed by atoms with van der Waals surface area (Å²) in [6, 6.07) is 2.02. The standard InChI is InChI=1S/C12H16O2S/c1-14-12(4-2-5-12)8-11(13)7-10-3-6-15-9-10/h3,6,9H,2,4-5,7-8H2,1H3. The van der Waals surface area contributed by atoms with E-state index in [9.17, 15) is 4.79 Å². The summed E-state index contributed by atoms with van der Waals surface area (Å²) in [6.07, 6.45) is 4.42. The molecular weight excluding hydrogens is 208 g/mol. The van der Waals surface area contributed by atoms with Crippen LogP contribution in [0.15, 0.2) is 16.8 Å². The molecule has 82 valence electrons. The van der Waals surface area contributed by atoms with Crippen LogP contribution in [0.4, 0.5) is 0 Å². The highest BCUT2D eigenvalue weighted by molar-refractivity contribution is 7.07. The van der Waals surface area contributed by atoms with Crippen LogP contribution in [0.5, 0.6) is 0 Å². The summed E-state index contributed by atoms with van der Waals surface area (Å²) in [5, 5.41) is 4.05. The highest BCUT2D eigenvalue weighted by atomic mass is 32.1. The van der Waals surface area contributed by atoms with E-state index in [1.807, 2.05) is 16.8 Å². The maximum Gasteiger partial charge on any atom is 0.140 e. The van der Waals surface area contributed by atoms with Gasteiger partial charge in [-0.15, -0.1) is 0 Å². The smallest absolute Gasteiger partial charge is 0.140 e. The van der Waals surface area contributed by atoms with E-state index in [1.165, 1.54) is 6.42 Å². The molecule has 0 N–H and O–H groups in total. The van der Waals surface area contributed by atoms with E-state index in [0.29, 0.717) is 18.6 Å². The molecule has 0 spiro atoms. The molecule has 0 saturated heterocycles. The van der Waals surface area contributed by atoms with E-state index >= 15 is 0 Å². The zero-order valence-corrected chi connectivity index (χ0v) is 9.81. The van der Waals surface area contributed by atoms with Gasteiger partial charge in [-0.2, -0.15) is 11.3 Å². The molecule has 3 heteroatoms. The van der Waals surface area contributed by atoms with Crippen molar-refractivity contribution in [3.63, 3.8) is 0 Å². The number of ketones is 1. The number of Topliss-reactive ketones (excluding diaryl/α,β-unsaturated/α-hetero) is 1. The molecule has 1 fully saturated rings. The Bertz CT molecular complexity index is 320. The fourth-order valence-electron chi connectivity index (χ4n) is 2.07. The lowest BCUT2D eigenvalue weighted by atomic mass is 9.76. The first-order valence-electron chi connectivity index (χ1n) is 5.32. The van der Waals surface area contributed by atoms with Gasteiger partial charge in [0.15, 0.2) is 0 Å². The van der Waals surface area contributed by atoms with Gasteiger partial charge in [-0.3, -0.25) is 4.79 Å². The molecule has 0 atom stereocenters. The third-order valence-electron chi connectivity index (χ3n) is 3.20. The molecule has 0 unspecified atom stereocenters. The summed E-state index contributed by atoms with van der Waals surface area (Å²) in [5.41, 5.74) is 1.02. The largest absolute Gasteiger partial charge is 0.378 e. The number of ether oxygens (including phenoxy) is 1. The van der Waals surface area contributed by atoms with Crippen molar-refractivity contribution in [2.24, 2.45) is 0 Å². The third-order valence-corrected chi connectivity index (χ3v) is 3.93. The Balaban J connectivity index is 1.87. The van der Waals surface area contributed by atoms with Gasteiger partial charge in [-0.05, 0) is 41.7 Å². The first kappa shape index (κ1) is 10.8. The molecule has 15 heavy (non-hydrogen) atoms. The van der Waals surface area contributed by atoms with Crippen LogP contribution in [0, 0.1) is 0 Å². The predicted molar refractivity (Wildman–Crippen MR) is 61.2 cm³/mol. The normalized spacial score (nSPS) is 18.5. The molecule has 1 aromatic rings. The van der Waals surface area contributed by atoms with Gasteiger partial charge >= 0.3 is 0 Å². The van der Waals surface area contributed by atoms with E-state index in [2.05, 4.69) is 0 Å². The van der Waals surface area contributed by atoms with Crippen molar-refractivity contribution in [3.05, 3.63) is 22.4 Å². The predicted octanol–water partition coefficient (Wildman–Crippen LogP) is 2.82. The Kier molecular flexibility index (Phi) is 3.22. The van der Waals surface area contributed by atoms with Gasteiger partial charge < -0.3 is 4.74 Å². The summed E-state index contributed by atoms with van der Waals surface area (Å²) in [6.45, 7) is 0. The van der Waals surface area contributed by atoms with Gasteiger partial charge in [0.2, 0.25) is 0 Å². The molecule has 1 aliphatic rings. The average Bonchev–Trinajstić information content (AvgIpc) is 2.64. The minimum Gasteiger partial charge on any atom is -0.378 e. The molecule has 1 saturated carbocycles. The molecule has 2 nitrogen and oxygen atoms in total. The van der Waals surface area contributed by atoms with Gasteiger partial charge in [0.05, 0.1) is 5.60 Å². The van der Waals surface area contributed by atoms with Crippen LogP contribution in [0.1, 0.15) is 31.2 Å². The zero-order chi connectivity index (χ0) is 10.7. The zero-order valence-electron chi connectivity index (χ0n) is 8.99. The molecule has 1 aliphatic carbocycles. The van der Waals surface area contributed by atoms with Crippen molar-refractivity contribution in [2.45, 2.75) is 37.7 Å². The van der Waals surface area contributed by atoms with Crippen LogP contribution in [0.3, 0.4) is 0 Å². The van der Waals surface area contributed by atoms with E-state index in [-0.39, 0.29) is 5.60 Å².